The van der Waals surface area contributed by atoms with Crippen molar-refractivity contribution in [3.05, 3.63) is 12.3 Å². The summed E-state index contributed by atoms with van der Waals surface area (Å²) in [4.78, 5) is 0. The first-order valence-corrected chi connectivity index (χ1v) is 6.90. The van der Waals surface area contributed by atoms with Gasteiger partial charge in [0.15, 0.2) is 5.03 Å². The Hall–Kier alpha value is -1.61. The Balaban J connectivity index is 2.38. The summed E-state index contributed by atoms with van der Waals surface area (Å²) >= 11 is 0. The number of oxime groups is 1. The molecule has 0 amide bonds. The van der Waals surface area contributed by atoms with Gasteiger partial charge in [-0.2, -0.15) is 5.10 Å². The van der Waals surface area contributed by atoms with Gasteiger partial charge in [-0.1, -0.05) is 5.16 Å². The molecule has 0 bridgehead atoms. The van der Waals surface area contributed by atoms with Gasteiger partial charge in [-0.05, 0) is 18.9 Å². The normalized spacial score (nSPS) is 12.8. The fraction of sp³-hybridized carbons (Fsp3) is 0.556. The summed E-state index contributed by atoms with van der Waals surface area (Å²) in [6.45, 7) is 0.298. The zero-order chi connectivity index (χ0) is 13.6. The molecule has 1 heterocycles. The molecule has 1 aromatic rings. The van der Waals surface area contributed by atoms with E-state index in [-0.39, 0.29) is 10.9 Å². The molecule has 0 aromatic carbocycles. The maximum absolute atomic E-state index is 11.8. The van der Waals surface area contributed by atoms with Crippen LogP contribution >= 0.6 is 0 Å². The van der Waals surface area contributed by atoms with Gasteiger partial charge in [0.1, 0.15) is 5.84 Å². The van der Waals surface area contributed by atoms with Crippen molar-refractivity contribution in [3.8, 4) is 0 Å². The molecule has 1 rings (SSSR count). The molecule has 0 fully saturated rings. The predicted octanol–water partition coefficient (Wildman–Crippen LogP) is -0.385. The largest absolute Gasteiger partial charge is 0.409 e. The molecule has 102 valence electrons. The average Bonchev–Trinajstić information content (AvgIpc) is 2.75. The Bertz CT molecular complexity index is 508. The van der Waals surface area contributed by atoms with E-state index >= 15 is 0 Å². The molecule has 18 heavy (non-hydrogen) atoms. The molecule has 0 aliphatic heterocycles. The first-order valence-electron chi connectivity index (χ1n) is 5.41. The number of sulfonamides is 1. The molecule has 8 nitrogen and oxygen atoms in total. The van der Waals surface area contributed by atoms with Gasteiger partial charge >= 0.3 is 0 Å². The minimum Gasteiger partial charge on any atom is -0.409 e. The number of rotatable bonds is 7. The monoisotopic (exact) mass is 275 g/mol. The number of aromatic nitrogens is 2. The number of nitrogens with zero attached hydrogens (tertiary/aromatic N) is 3. The third-order valence-electron chi connectivity index (χ3n) is 2.33. The van der Waals surface area contributed by atoms with Crippen LogP contribution < -0.4 is 10.5 Å². The van der Waals surface area contributed by atoms with Crippen LogP contribution in [0.25, 0.3) is 0 Å². The van der Waals surface area contributed by atoms with Crippen LogP contribution in [-0.2, 0) is 17.1 Å². The topological polar surface area (TPSA) is 123 Å². The molecule has 0 radical (unpaired) electrons. The summed E-state index contributed by atoms with van der Waals surface area (Å²) in [7, 11) is -1.95. The highest BCUT2D eigenvalue weighted by molar-refractivity contribution is 7.89. The molecule has 9 heteroatoms. The lowest BCUT2D eigenvalue weighted by atomic mass is 10.2. The molecule has 0 aliphatic carbocycles. The van der Waals surface area contributed by atoms with Gasteiger partial charge in [0.25, 0.3) is 10.0 Å². The summed E-state index contributed by atoms with van der Waals surface area (Å²) in [6.07, 6.45) is 3.11. The van der Waals surface area contributed by atoms with Gasteiger partial charge < -0.3 is 10.9 Å². The van der Waals surface area contributed by atoms with Gasteiger partial charge in [-0.25, -0.2) is 13.1 Å². The second kappa shape index (κ2) is 6.36. The first kappa shape index (κ1) is 14.5. The molecule has 0 saturated heterocycles. The van der Waals surface area contributed by atoms with Crippen molar-refractivity contribution in [2.45, 2.75) is 24.3 Å². The average molecular weight is 275 g/mol. The number of hydrogen-bond donors (Lipinski definition) is 3. The lowest BCUT2D eigenvalue weighted by Crippen LogP contribution is -2.27. The van der Waals surface area contributed by atoms with Crippen LogP contribution in [-0.4, -0.2) is 35.8 Å². The molecular formula is C9H17N5O3S. The minimum atomic E-state index is -3.51. The van der Waals surface area contributed by atoms with E-state index in [4.69, 9.17) is 10.9 Å². The van der Waals surface area contributed by atoms with Crippen LogP contribution in [0.3, 0.4) is 0 Å². The smallest absolute Gasteiger partial charge is 0.257 e. The van der Waals surface area contributed by atoms with Gasteiger partial charge in [-0.15, -0.1) is 0 Å². The van der Waals surface area contributed by atoms with E-state index in [9.17, 15) is 8.42 Å². The number of nitrogens with one attached hydrogen (secondary N) is 1. The molecule has 0 spiro atoms. The van der Waals surface area contributed by atoms with E-state index in [1.807, 2.05) is 0 Å². The van der Waals surface area contributed by atoms with Crippen LogP contribution in [0.15, 0.2) is 22.4 Å². The quantitative estimate of drug-likeness (QED) is 0.206. The maximum atomic E-state index is 11.8. The highest BCUT2D eigenvalue weighted by atomic mass is 32.2. The van der Waals surface area contributed by atoms with E-state index in [1.165, 1.54) is 16.9 Å². The molecule has 1 aromatic heterocycles. The van der Waals surface area contributed by atoms with Crippen molar-refractivity contribution in [3.63, 3.8) is 0 Å². The first-order chi connectivity index (χ1) is 8.47. The minimum absolute atomic E-state index is 0.124. The van der Waals surface area contributed by atoms with Gasteiger partial charge in [-0.3, -0.25) is 4.68 Å². The van der Waals surface area contributed by atoms with E-state index in [1.54, 1.807) is 7.05 Å². The lowest BCUT2D eigenvalue weighted by molar-refractivity contribution is 0.316. The Morgan fingerprint density at radius 2 is 2.33 bits per heavy atom. The molecule has 0 atom stereocenters. The summed E-state index contributed by atoms with van der Waals surface area (Å²) in [5.74, 6) is 0.143. The number of unbranched alkanes of at least 4 members (excludes halogenated alkanes) is 1. The highest BCUT2D eigenvalue weighted by Crippen LogP contribution is 2.06. The molecule has 0 aliphatic rings. The van der Waals surface area contributed by atoms with E-state index < -0.39 is 10.0 Å². The van der Waals surface area contributed by atoms with Crippen LogP contribution in [0.5, 0.6) is 0 Å². The Morgan fingerprint density at radius 1 is 1.61 bits per heavy atom. The van der Waals surface area contributed by atoms with Crippen LogP contribution in [0.2, 0.25) is 0 Å². The number of amidine groups is 1. The summed E-state index contributed by atoms with van der Waals surface area (Å²) in [6, 6.07) is 1.43. The number of hydrogen-bond acceptors (Lipinski definition) is 5. The van der Waals surface area contributed by atoms with E-state index in [2.05, 4.69) is 15.0 Å². The van der Waals surface area contributed by atoms with Crippen LogP contribution in [0, 0.1) is 0 Å². The Kier molecular flexibility index (Phi) is 5.10. The number of nitrogens with two attached hydrogens (primary N) is 1. The second-order valence-electron chi connectivity index (χ2n) is 3.74. The van der Waals surface area contributed by atoms with Crippen LogP contribution in [0.4, 0.5) is 0 Å². The fourth-order valence-corrected chi connectivity index (χ4v) is 2.58. The molecule has 0 saturated carbocycles. The van der Waals surface area contributed by atoms with Crippen molar-refractivity contribution >= 4 is 15.9 Å². The van der Waals surface area contributed by atoms with Crippen LogP contribution in [0.1, 0.15) is 19.3 Å². The van der Waals surface area contributed by atoms with Gasteiger partial charge in [0.05, 0.1) is 6.20 Å². The number of aryl methyl sites for hydroxylation is 1. The zero-order valence-corrected chi connectivity index (χ0v) is 10.9. The molecule has 0 unspecified atom stereocenters. The zero-order valence-electron chi connectivity index (χ0n) is 10.1. The van der Waals surface area contributed by atoms with Crippen molar-refractivity contribution < 1.29 is 13.6 Å². The highest BCUT2D eigenvalue weighted by Gasteiger charge is 2.16. The predicted molar refractivity (Wildman–Crippen MR) is 65.7 cm³/mol. The SMILES string of the molecule is Cn1nccc1S(=O)(=O)NCCCC/C(N)=N/O. The summed E-state index contributed by atoms with van der Waals surface area (Å²) in [5, 5.41) is 15.1. The van der Waals surface area contributed by atoms with Crippen molar-refractivity contribution in [1.82, 2.24) is 14.5 Å². The van der Waals surface area contributed by atoms with Crippen molar-refractivity contribution in [1.29, 1.82) is 0 Å². The van der Waals surface area contributed by atoms with E-state index in [0.29, 0.717) is 25.8 Å². The third-order valence-corrected chi connectivity index (χ3v) is 3.87. The third kappa shape index (κ3) is 4.00. The van der Waals surface area contributed by atoms with Crippen molar-refractivity contribution in [2.24, 2.45) is 17.9 Å². The molecule has 4 N–H and O–H groups in total. The second-order valence-corrected chi connectivity index (χ2v) is 5.45. The van der Waals surface area contributed by atoms with E-state index in [0.717, 1.165) is 0 Å². The fourth-order valence-electron chi connectivity index (χ4n) is 1.39. The Labute approximate surface area is 106 Å². The van der Waals surface area contributed by atoms with Gasteiger partial charge in [0.2, 0.25) is 0 Å². The lowest BCUT2D eigenvalue weighted by Gasteiger charge is -2.06. The standard InChI is InChI=1S/C9H17N5O3S/c1-14-9(5-7-11-14)18(16,17)12-6-3-2-4-8(10)13-15/h5,7,12,15H,2-4,6H2,1H3,(H2,10,13). The Morgan fingerprint density at radius 3 is 2.89 bits per heavy atom. The summed E-state index contributed by atoms with van der Waals surface area (Å²) in [5.41, 5.74) is 5.29. The maximum Gasteiger partial charge on any atom is 0.257 e. The van der Waals surface area contributed by atoms with Crippen molar-refractivity contribution in [2.75, 3.05) is 6.54 Å². The van der Waals surface area contributed by atoms with Gasteiger partial charge in [0, 0.05) is 20.0 Å². The molecular weight excluding hydrogens is 258 g/mol. The summed E-state index contributed by atoms with van der Waals surface area (Å²) < 4.78 is 27.4.